The number of amides is 2. The lowest BCUT2D eigenvalue weighted by atomic mass is 9.85. The van der Waals surface area contributed by atoms with Crippen LogP contribution in [0.25, 0.3) is 0 Å². The molecule has 24 heavy (non-hydrogen) atoms. The lowest BCUT2D eigenvalue weighted by Gasteiger charge is -2.34. The summed E-state index contributed by atoms with van der Waals surface area (Å²) in [5.74, 6) is -0.892. The Morgan fingerprint density at radius 1 is 1.29 bits per heavy atom. The van der Waals surface area contributed by atoms with E-state index in [9.17, 15) is 14.4 Å². The highest BCUT2D eigenvalue weighted by Crippen LogP contribution is 2.25. The second-order valence-corrected chi connectivity index (χ2v) is 6.84. The third-order valence-corrected chi connectivity index (χ3v) is 3.66. The van der Waals surface area contributed by atoms with Crippen LogP contribution in [-0.4, -0.2) is 47.8 Å². The van der Waals surface area contributed by atoms with Crippen molar-refractivity contribution in [2.45, 2.75) is 65.8 Å². The molecule has 0 aromatic rings. The van der Waals surface area contributed by atoms with Crippen LogP contribution >= 0.6 is 0 Å². The third-order valence-electron chi connectivity index (χ3n) is 3.66. The number of nitriles is 1. The summed E-state index contributed by atoms with van der Waals surface area (Å²) in [6.45, 7) is 8.52. The number of likely N-dealkylation sites (tertiary alicyclic amines) is 1. The summed E-state index contributed by atoms with van der Waals surface area (Å²) in [4.78, 5) is 37.1. The van der Waals surface area contributed by atoms with Crippen LogP contribution in [0.5, 0.6) is 0 Å². The Balaban J connectivity index is 2.80. The largest absolute Gasteiger partial charge is 0.426 e. The van der Waals surface area contributed by atoms with Gasteiger partial charge in [0.15, 0.2) is 0 Å². The van der Waals surface area contributed by atoms with E-state index in [1.54, 1.807) is 0 Å². The molecule has 1 fully saturated rings. The normalized spacial score (nSPS) is 19.8. The SMILES string of the molecule is CC(=O)OC(C)OC(=O)N[C@H](C(=O)N1CCC[C@H]1C#N)C(C)(C)C. The Hall–Kier alpha value is -2.30. The first kappa shape index (κ1) is 19.7. The van der Waals surface area contributed by atoms with E-state index in [1.165, 1.54) is 18.7 Å². The minimum Gasteiger partial charge on any atom is -0.426 e. The maximum Gasteiger partial charge on any atom is 0.410 e. The van der Waals surface area contributed by atoms with Crippen molar-refractivity contribution in [2.75, 3.05) is 6.54 Å². The van der Waals surface area contributed by atoms with Crippen molar-refractivity contribution in [1.29, 1.82) is 5.26 Å². The van der Waals surface area contributed by atoms with Gasteiger partial charge in [-0.1, -0.05) is 20.8 Å². The molecule has 0 aromatic carbocycles. The average molecular weight is 339 g/mol. The Kier molecular flexibility index (Phi) is 6.58. The van der Waals surface area contributed by atoms with E-state index >= 15 is 0 Å². The molecule has 1 heterocycles. The standard InChI is InChI=1S/C16H25N3O5/c1-10(20)23-11(2)24-15(22)18-13(16(3,4)5)14(21)19-8-6-7-12(19)9-17/h11-13H,6-8H2,1-5H3,(H,18,22)/t11?,12-,13+/m0/s1. The lowest BCUT2D eigenvalue weighted by Crippen LogP contribution is -2.56. The number of nitrogens with one attached hydrogen (secondary N) is 1. The first-order valence-corrected chi connectivity index (χ1v) is 7.90. The van der Waals surface area contributed by atoms with E-state index in [2.05, 4.69) is 11.4 Å². The van der Waals surface area contributed by atoms with Crippen LogP contribution in [0.3, 0.4) is 0 Å². The van der Waals surface area contributed by atoms with Crippen LogP contribution in [0.15, 0.2) is 0 Å². The number of esters is 1. The molecule has 1 N–H and O–H groups in total. The van der Waals surface area contributed by atoms with Gasteiger partial charge in [0.25, 0.3) is 0 Å². The van der Waals surface area contributed by atoms with E-state index in [0.717, 1.165) is 6.42 Å². The number of nitrogens with zero attached hydrogens (tertiary/aromatic N) is 2. The first-order valence-electron chi connectivity index (χ1n) is 7.90. The quantitative estimate of drug-likeness (QED) is 0.615. The summed E-state index contributed by atoms with van der Waals surface area (Å²) < 4.78 is 9.65. The molecule has 0 spiro atoms. The average Bonchev–Trinajstić information content (AvgIpc) is 2.90. The van der Waals surface area contributed by atoms with Crippen LogP contribution in [0.2, 0.25) is 0 Å². The Labute approximate surface area is 142 Å². The highest BCUT2D eigenvalue weighted by molar-refractivity contribution is 5.87. The number of hydrogen-bond donors (Lipinski definition) is 1. The molecular weight excluding hydrogens is 314 g/mol. The van der Waals surface area contributed by atoms with Crippen molar-refractivity contribution >= 4 is 18.0 Å². The van der Waals surface area contributed by atoms with E-state index in [4.69, 9.17) is 14.7 Å². The zero-order valence-corrected chi connectivity index (χ0v) is 14.8. The highest BCUT2D eigenvalue weighted by atomic mass is 16.7. The fourth-order valence-corrected chi connectivity index (χ4v) is 2.54. The zero-order chi connectivity index (χ0) is 18.5. The number of carbonyl (C=O) groups excluding carboxylic acids is 3. The molecule has 1 saturated heterocycles. The fraction of sp³-hybridized carbons (Fsp3) is 0.750. The van der Waals surface area contributed by atoms with Gasteiger partial charge in [-0.05, 0) is 18.3 Å². The van der Waals surface area contributed by atoms with Crippen LogP contribution in [-0.2, 0) is 19.1 Å². The van der Waals surface area contributed by atoms with Crippen molar-refractivity contribution in [3.8, 4) is 6.07 Å². The van der Waals surface area contributed by atoms with Crippen molar-refractivity contribution < 1.29 is 23.9 Å². The summed E-state index contributed by atoms with van der Waals surface area (Å²) in [5.41, 5.74) is -0.580. The molecule has 2 amide bonds. The second kappa shape index (κ2) is 7.99. The van der Waals surface area contributed by atoms with E-state index in [0.29, 0.717) is 13.0 Å². The molecule has 1 rings (SSSR count). The number of alkyl carbamates (subject to hydrolysis) is 1. The van der Waals surface area contributed by atoms with Gasteiger partial charge in [-0.2, -0.15) is 5.26 Å². The summed E-state index contributed by atoms with van der Waals surface area (Å²) in [6, 6.07) is 0.782. The first-order chi connectivity index (χ1) is 11.1. The predicted molar refractivity (Wildman–Crippen MR) is 84.4 cm³/mol. The van der Waals surface area contributed by atoms with Crippen LogP contribution < -0.4 is 5.32 Å². The Bertz CT molecular complexity index is 535. The van der Waals surface area contributed by atoms with E-state index < -0.39 is 35.9 Å². The van der Waals surface area contributed by atoms with E-state index in [1.807, 2.05) is 20.8 Å². The number of ether oxygens (including phenoxy) is 2. The molecular formula is C16H25N3O5. The molecule has 0 saturated carbocycles. The minimum atomic E-state index is -1.06. The topological polar surface area (TPSA) is 109 Å². The van der Waals surface area contributed by atoms with E-state index in [-0.39, 0.29) is 5.91 Å². The van der Waals surface area contributed by atoms with Gasteiger partial charge >= 0.3 is 12.1 Å². The molecule has 0 bridgehead atoms. The molecule has 0 radical (unpaired) electrons. The third kappa shape index (κ3) is 5.41. The van der Waals surface area contributed by atoms with Gasteiger partial charge in [0, 0.05) is 20.4 Å². The van der Waals surface area contributed by atoms with Gasteiger partial charge in [0.05, 0.1) is 6.07 Å². The molecule has 0 aromatic heterocycles. The van der Waals surface area contributed by atoms with Crippen molar-refractivity contribution in [3.05, 3.63) is 0 Å². The zero-order valence-electron chi connectivity index (χ0n) is 14.8. The molecule has 8 heteroatoms. The monoisotopic (exact) mass is 339 g/mol. The van der Waals surface area contributed by atoms with Crippen molar-refractivity contribution in [2.24, 2.45) is 5.41 Å². The van der Waals surface area contributed by atoms with Crippen molar-refractivity contribution in [3.63, 3.8) is 0 Å². The predicted octanol–water partition coefficient (Wildman–Crippen LogP) is 1.55. The van der Waals surface area contributed by atoms with Gasteiger partial charge < -0.3 is 19.7 Å². The Morgan fingerprint density at radius 2 is 1.92 bits per heavy atom. The Morgan fingerprint density at radius 3 is 2.42 bits per heavy atom. The van der Waals surface area contributed by atoms with Gasteiger partial charge in [-0.15, -0.1) is 0 Å². The van der Waals surface area contributed by atoms with Gasteiger partial charge in [-0.3, -0.25) is 9.59 Å². The number of rotatable bonds is 4. The molecule has 8 nitrogen and oxygen atoms in total. The molecule has 3 atom stereocenters. The summed E-state index contributed by atoms with van der Waals surface area (Å²) in [5, 5.41) is 11.7. The molecule has 1 aliphatic rings. The minimum absolute atomic E-state index is 0.316. The lowest BCUT2D eigenvalue weighted by molar-refractivity contribution is -0.162. The summed E-state index contributed by atoms with van der Waals surface area (Å²) in [7, 11) is 0. The maximum absolute atomic E-state index is 12.8. The second-order valence-electron chi connectivity index (χ2n) is 6.84. The molecule has 134 valence electrons. The molecule has 1 aliphatic heterocycles. The van der Waals surface area contributed by atoms with Crippen LogP contribution in [0, 0.1) is 16.7 Å². The smallest absolute Gasteiger partial charge is 0.410 e. The van der Waals surface area contributed by atoms with Crippen LogP contribution in [0.1, 0.15) is 47.5 Å². The summed E-state index contributed by atoms with van der Waals surface area (Å²) >= 11 is 0. The van der Waals surface area contributed by atoms with Crippen molar-refractivity contribution in [1.82, 2.24) is 10.2 Å². The van der Waals surface area contributed by atoms with Gasteiger partial charge in [0.2, 0.25) is 12.2 Å². The van der Waals surface area contributed by atoms with Crippen LogP contribution in [0.4, 0.5) is 4.79 Å². The fourth-order valence-electron chi connectivity index (χ4n) is 2.54. The number of hydrogen-bond acceptors (Lipinski definition) is 6. The van der Waals surface area contributed by atoms with Gasteiger partial charge in [-0.25, -0.2) is 4.79 Å². The number of carbonyl (C=O) groups is 3. The van der Waals surface area contributed by atoms with Gasteiger partial charge in [0.1, 0.15) is 12.1 Å². The highest BCUT2D eigenvalue weighted by Gasteiger charge is 2.40. The summed E-state index contributed by atoms with van der Waals surface area (Å²) in [6.07, 6.45) is -0.525. The maximum atomic E-state index is 12.8. The molecule has 1 unspecified atom stereocenters. The molecule has 0 aliphatic carbocycles.